The molecular formula is C13H19N3O2. The Morgan fingerprint density at radius 1 is 1.39 bits per heavy atom. The molecule has 0 radical (unpaired) electrons. The van der Waals surface area contributed by atoms with Crippen LogP contribution in [0.15, 0.2) is 30.3 Å². The van der Waals surface area contributed by atoms with Crippen LogP contribution in [0.25, 0.3) is 0 Å². The number of hydrogen-bond donors (Lipinski definition) is 2. The fraction of sp³-hybridized carbons (Fsp3) is 0.462. The third-order valence-corrected chi connectivity index (χ3v) is 2.99. The minimum absolute atomic E-state index is 0.298. The third-order valence-electron chi connectivity index (χ3n) is 2.99. The van der Waals surface area contributed by atoms with Crippen molar-refractivity contribution in [1.29, 1.82) is 0 Å². The lowest BCUT2D eigenvalue weighted by molar-refractivity contribution is 0.0299. The van der Waals surface area contributed by atoms with Gasteiger partial charge in [0.25, 0.3) is 0 Å². The van der Waals surface area contributed by atoms with Gasteiger partial charge in [0.1, 0.15) is 6.61 Å². The van der Waals surface area contributed by atoms with Crippen molar-refractivity contribution in [3.05, 3.63) is 35.9 Å². The lowest BCUT2D eigenvalue weighted by atomic mass is 9.99. The first-order valence-corrected chi connectivity index (χ1v) is 6.20. The van der Waals surface area contributed by atoms with Crippen LogP contribution in [0.2, 0.25) is 0 Å². The van der Waals surface area contributed by atoms with E-state index in [4.69, 9.17) is 10.5 Å². The number of hydrogen-bond acceptors (Lipinski definition) is 4. The zero-order valence-electron chi connectivity index (χ0n) is 10.3. The van der Waals surface area contributed by atoms with E-state index in [0.29, 0.717) is 19.1 Å². The van der Waals surface area contributed by atoms with Gasteiger partial charge in [0, 0.05) is 13.1 Å². The lowest BCUT2D eigenvalue weighted by Crippen LogP contribution is -2.56. The molecule has 0 aromatic heterocycles. The molecule has 0 spiro atoms. The van der Waals surface area contributed by atoms with Gasteiger partial charge in [0.05, 0.1) is 0 Å². The van der Waals surface area contributed by atoms with E-state index in [0.717, 1.165) is 25.1 Å². The molecular weight excluding hydrogens is 230 g/mol. The number of nitrogens with zero attached hydrogens (tertiary/aromatic N) is 1. The van der Waals surface area contributed by atoms with E-state index in [9.17, 15) is 4.79 Å². The predicted molar refractivity (Wildman–Crippen MR) is 68.5 cm³/mol. The molecule has 1 heterocycles. The van der Waals surface area contributed by atoms with Crippen LogP contribution in [0.3, 0.4) is 0 Å². The van der Waals surface area contributed by atoms with E-state index in [-0.39, 0.29) is 0 Å². The van der Waals surface area contributed by atoms with Gasteiger partial charge < -0.3 is 10.5 Å². The van der Waals surface area contributed by atoms with Gasteiger partial charge in [-0.05, 0) is 24.4 Å². The van der Waals surface area contributed by atoms with Crippen molar-refractivity contribution in [2.75, 3.05) is 19.6 Å². The van der Waals surface area contributed by atoms with E-state index < -0.39 is 6.09 Å². The SMILES string of the molecule is NCCC1CN(NC(=O)OCc2ccccc2)C1. The molecule has 0 saturated carbocycles. The second-order valence-corrected chi connectivity index (χ2v) is 4.52. The van der Waals surface area contributed by atoms with Gasteiger partial charge >= 0.3 is 6.09 Å². The van der Waals surface area contributed by atoms with Crippen LogP contribution in [0.4, 0.5) is 4.79 Å². The minimum atomic E-state index is -0.398. The van der Waals surface area contributed by atoms with E-state index >= 15 is 0 Å². The molecule has 18 heavy (non-hydrogen) atoms. The second-order valence-electron chi connectivity index (χ2n) is 4.52. The summed E-state index contributed by atoms with van der Waals surface area (Å²) >= 11 is 0. The molecule has 5 nitrogen and oxygen atoms in total. The Bertz CT molecular complexity index is 377. The quantitative estimate of drug-likeness (QED) is 0.820. The van der Waals surface area contributed by atoms with Gasteiger partial charge in [0.2, 0.25) is 0 Å². The molecule has 2 rings (SSSR count). The van der Waals surface area contributed by atoms with Crippen LogP contribution in [0, 0.1) is 5.92 Å². The van der Waals surface area contributed by atoms with Crippen molar-refractivity contribution in [2.45, 2.75) is 13.0 Å². The monoisotopic (exact) mass is 249 g/mol. The first-order valence-electron chi connectivity index (χ1n) is 6.20. The molecule has 5 heteroatoms. The van der Waals surface area contributed by atoms with E-state index in [1.54, 1.807) is 0 Å². The summed E-state index contributed by atoms with van der Waals surface area (Å²) in [6, 6.07) is 9.62. The number of carbonyl (C=O) groups is 1. The molecule has 0 aliphatic carbocycles. The predicted octanol–water partition coefficient (Wildman–Crippen LogP) is 1.11. The highest BCUT2D eigenvalue weighted by molar-refractivity contribution is 5.66. The average molecular weight is 249 g/mol. The summed E-state index contributed by atoms with van der Waals surface area (Å²) in [5.41, 5.74) is 9.16. The normalized spacial score (nSPS) is 16.1. The Morgan fingerprint density at radius 3 is 2.78 bits per heavy atom. The molecule has 1 amide bonds. The fourth-order valence-corrected chi connectivity index (χ4v) is 1.96. The Kier molecular flexibility index (Phi) is 4.55. The molecule has 0 unspecified atom stereocenters. The van der Waals surface area contributed by atoms with E-state index in [1.165, 1.54) is 0 Å². The van der Waals surface area contributed by atoms with Crippen LogP contribution in [-0.4, -0.2) is 30.7 Å². The van der Waals surface area contributed by atoms with Crippen molar-refractivity contribution < 1.29 is 9.53 Å². The molecule has 1 aliphatic heterocycles. The van der Waals surface area contributed by atoms with Crippen molar-refractivity contribution in [3.63, 3.8) is 0 Å². The Balaban J connectivity index is 1.62. The zero-order chi connectivity index (χ0) is 12.8. The van der Waals surface area contributed by atoms with Gasteiger partial charge in [-0.3, -0.25) is 5.43 Å². The highest BCUT2D eigenvalue weighted by Gasteiger charge is 2.27. The third kappa shape index (κ3) is 3.72. The molecule has 1 aromatic carbocycles. The molecule has 1 aromatic rings. The van der Waals surface area contributed by atoms with Crippen LogP contribution < -0.4 is 11.2 Å². The number of benzene rings is 1. The summed E-state index contributed by atoms with van der Waals surface area (Å²) in [6.45, 7) is 2.72. The maximum atomic E-state index is 11.5. The summed E-state index contributed by atoms with van der Waals surface area (Å²) in [7, 11) is 0. The van der Waals surface area contributed by atoms with Crippen LogP contribution >= 0.6 is 0 Å². The molecule has 98 valence electrons. The van der Waals surface area contributed by atoms with Crippen molar-refractivity contribution in [3.8, 4) is 0 Å². The first kappa shape index (κ1) is 12.9. The van der Waals surface area contributed by atoms with Gasteiger partial charge in [-0.15, -0.1) is 0 Å². The maximum Gasteiger partial charge on any atom is 0.422 e. The molecule has 1 fully saturated rings. The van der Waals surface area contributed by atoms with E-state index in [2.05, 4.69) is 5.43 Å². The lowest BCUT2D eigenvalue weighted by Gasteiger charge is -2.38. The Labute approximate surface area is 107 Å². The fourth-order valence-electron chi connectivity index (χ4n) is 1.96. The highest BCUT2D eigenvalue weighted by Crippen LogP contribution is 2.15. The number of nitrogens with one attached hydrogen (secondary N) is 1. The number of hydrazine groups is 1. The second kappa shape index (κ2) is 6.37. The largest absolute Gasteiger partial charge is 0.444 e. The summed E-state index contributed by atoms with van der Waals surface area (Å²) in [5.74, 6) is 0.601. The standard InChI is InChI=1S/C13H19N3O2/c14-7-6-12-8-16(9-12)15-13(17)18-10-11-4-2-1-3-5-11/h1-5,12H,6-10,14H2,(H,15,17). The van der Waals surface area contributed by atoms with Crippen LogP contribution in [0.1, 0.15) is 12.0 Å². The zero-order valence-corrected chi connectivity index (χ0v) is 10.3. The van der Waals surface area contributed by atoms with Crippen LogP contribution in [0.5, 0.6) is 0 Å². The highest BCUT2D eigenvalue weighted by atomic mass is 16.6. The van der Waals surface area contributed by atoms with Gasteiger partial charge in [-0.25, -0.2) is 9.80 Å². The van der Waals surface area contributed by atoms with Crippen molar-refractivity contribution in [1.82, 2.24) is 10.4 Å². The molecule has 0 atom stereocenters. The Morgan fingerprint density at radius 2 is 2.11 bits per heavy atom. The average Bonchev–Trinajstić information content (AvgIpc) is 2.35. The first-order chi connectivity index (χ1) is 8.78. The number of ether oxygens (including phenoxy) is 1. The van der Waals surface area contributed by atoms with Gasteiger partial charge in [-0.2, -0.15) is 0 Å². The number of rotatable bonds is 5. The van der Waals surface area contributed by atoms with Gasteiger partial charge in [-0.1, -0.05) is 30.3 Å². The topological polar surface area (TPSA) is 67.6 Å². The van der Waals surface area contributed by atoms with Crippen molar-refractivity contribution in [2.24, 2.45) is 11.7 Å². The van der Waals surface area contributed by atoms with Crippen molar-refractivity contribution >= 4 is 6.09 Å². The summed E-state index contributed by atoms with van der Waals surface area (Å²) < 4.78 is 5.11. The number of nitrogens with two attached hydrogens (primary N) is 1. The number of amides is 1. The summed E-state index contributed by atoms with van der Waals surface area (Å²) in [6.07, 6.45) is 0.613. The molecule has 1 aliphatic rings. The Hall–Kier alpha value is -1.59. The minimum Gasteiger partial charge on any atom is -0.444 e. The molecule has 1 saturated heterocycles. The summed E-state index contributed by atoms with van der Waals surface area (Å²) in [5, 5.41) is 1.85. The van der Waals surface area contributed by atoms with Crippen LogP contribution in [-0.2, 0) is 11.3 Å². The van der Waals surface area contributed by atoms with E-state index in [1.807, 2.05) is 35.3 Å². The molecule has 3 N–H and O–H groups in total. The van der Waals surface area contributed by atoms with Gasteiger partial charge in [0.15, 0.2) is 0 Å². The molecule has 0 bridgehead atoms. The summed E-state index contributed by atoms with van der Waals surface area (Å²) in [4.78, 5) is 11.5. The smallest absolute Gasteiger partial charge is 0.422 e. The number of carbonyl (C=O) groups excluding carboxylic acids is 1. The maximum absolute atomic E-state index is 11.5.